The first kappa shape index (κ1) is 9.91. The van der Waals surface area contributed by atoms with Gasteiger partial charge in [0.25, 0.3) is 0 Å². The summed E-state index contributed by atoms with van der Waals surface area (Å²) in [6.07, 6.45) is 0. The Labute approximate surface area is 71.9 Å². The molecular formula is C6H12O5S. The lowest BCUT2D eigenvalue weighted by Crippen LogP contribution is -2.31. The highest BCUT2D eigenvalue weighted by Gasteiger charge is 2.24. The standard InChI is InChI=1S/C6H12O5S/c1-2-9-3-6-4-10-12(7,8)11-5-6/h6H,2-5H2,1H3. The monoisotopic (exact) mass is 196 g/mol. The average molecular weight is 196 g/mol. The van der Waals surface area contributed by atoms with Gasteiger partial charge < -0.3 is 4.74 Å². The Morgan fingerprint density at radius 1 is 1.42 bits per heavy atom. The minimum atomic E-state index is -3.70. The minimum absolute atomic E-state index is 0.0217. The molecule has 1 aliphatic heterocycles. The Hall–Kier alpha value is -0.170. The topological polar surface area (TPSA) is 61.8 Å². The maximum absolute atomic E-state index is 10.6. The SMILES string of the molecule is CCOCC1COS(=O)(=O)OC1. The molecule has 0 spiro atoms. The zero-order valence-corrected chi connectivity index (χ0v) is 7.67. The van der Waals surface area contributed by atoms with E-state index in [2.05, 4.69) is 8.37 Å². The van der Waals surface area contributed by atoms with Crippen LogP contribution in [-0.2, 0) is 23.5 Å². The summed E-state index contributed by atoms with van der Waals surface area (Å²) in [6, 6.07) is 0. The molecular weight excluding hydrogens is 184 g/mol. The quantitative estimate of drug-likeness (QED) is 0.632. The average Bonchev–Trinajstić information content (AvgIpc) is 2.03. The third kappa shape index (κ3) is 3.06. The Balaban J connectivity index is 2.27. The maximum atomic E-state index is 10.6. The number of rotatable bonds is 3. The first-order valence-electron chi connectivity index (χ1n) is 3.75. The summed E-state index contributed by atoms with van der Waals surface area (Å²) in [5.41, 5.74) is 0. The first-order valence-corrected chi connectivity index (χ1v) is 5.09. The van der Waals surface area contributed by atoms with Crippen molar-refractivity contribution >= 4 is 10.4 Å². The van der Waals surface area contributed by atoms with Crippen molar-refractivity contribution in [3.05, 3.63) is 0 Å². The van der Waals surface area contributed by atoms with E-state index in [1.807, 2.05) is 6.92 Å². The van der Waals surface area contributed by atoms with E-state index in [1.54, 1.807) is 0 Å². The summed E-state index contributed by atoms with van der Waals surface area (Å²) in [5.74, 6) is 0.0217. The molecule has 0 bridgehead atoms. The van der Waals surface area contributed by atoms with Crippen molar-refractivity contribution in [2.45, 2.75) is 6.92 Å². The highest BCUT2D eigenvalue weighted by molar-refractivity contribution is 7.81. The van der Waals surface area contributed by atoms with Crippen LogP contribution in [0.1, 0.15) is 6.92 Å². The van der Waals surface area contributed by atoms with Gasteiger partial charge in [0.1, 0.15) is 0 Å². The van der Waals surface area contributed by atoms with Gasteiger partial charge in [-0.25, -0.2) is 8.37 Å². The normalized spacial score (nSPS) is 24.1. The Morgan fingerprint density at radius 3 is 2.50 bits per heavy atom. The minimum Gasteiger partial charge on any atom is -0.381 e. The van der Waals surface area contributed by atoms with Crippen LogP contribution < -0.4 is 0 Å². The van der Waals surface area contributed by atoms with Crippen LogP contribution in [0.25, 0.3) is 0 Å². The Kier molecular flexibility index (Phi) is 3.45. The van der Waals surface area contributed by atoms with Crippen LogP contribution >= 0.6 is 0 Å². The molecule has 12 heavy (non-hydrogen) atoms. The molecule has 1 rings (SSSR count). The molecule has 1 heterocycles. The number of hydrogen-bond acceptors (Lipinski definition) is 5. The third-order valence-electron chi connectivity index (χ3n) is 1.45. The summed E-state index contributed by atoms with van der Waals surface area (Å²) in [4.78, 5) is 0. The van der Waals surface area contributed by atoms with E-state index in [-0.39, 0.29) is 19.1 Å². The fraction of sp³-hybridized carbons (Fsp3) is 1.00. The van der Waals surface area contributed by atoms with Crippen molar-refractivity contribution in [1.82, 2.24) is 0 Å². The molecule has 0 aromatic heterocycles. The highest BCUT2D eigenvalue weighted by Crippen LogP contribution is 2.12. The molecule has 1 saturated heterocycles. The molecule has 0 amide bonds. The van der Waals surface area contributed by atoms with Gasteiger partial charge in [0.2, 0.25) is 0 Å². The number of hydrogen-bond donors (Lipinski definition) is 0. The van der Waals surface area contributed by atoms with E-state index >= 15 is 0 Å². The van der Waals surface area contributed by atoms with Gasteiger partial charge >= 0.3 is 10.4 Å². The predicted octanol–water partition coefficient (Wildman–Crippen LogP) is -0.0693. The summed E-state index contributed by atoms with van der Waals surface area (Å²) in [5, 5.41) is 0. The lowest BCUT2D eigenvalue weighted by Gasteiger charge is -2.20. The lowest BCUT2D eigenvalue weighted by atomic mass is 10.2. The fourth-order valence-corrected chi connectivity index (χ4v) is 1.61. The van der Waals surface area contributed by atoms with Crippen LogP contribution in [0, 0.1) is 5.92 Å². The van der Waals surface area contributed by atoms with E-state index in [0.717, 1.165) is 0 Å². The molecule has 0 aromatic rings. The van der Waals surface area contributed by atoms with Gasteiger partial charge in [-0.05, 0) is 6.92 Å². The van der Waals surface area contributed by atoms with E-state index in [1.165, 1.54) is 0 Å². The van der Waals surface area contributed by atoms with Crippen LogP contribution in [0.3, 0.4) is 0 Å². The summed E-state index contributed by atoms with van der Waals surface area (Å²) < 4.78 is 35.1. The molecule has 0 aliphatic carbocycles. The van der Waals surface area contributed by atoms with Gasteiger partial charge in [-0.15, -0.1) is 0 Å². The molecule has 72 valence electrons. The molecule has 0 saturated carbocycles. The van der Waals surface area contributed by atoms with Crippen LogP contribution in [0.4, 0.5) is 0 Å². The van der Waals surface area contributed by atoms with E-state index in [0.29, 0.717) is 13.2 Å². The molecule has 0 N–H and O–H groups in total. The van der Waals surface area contributed by atoms with Crippen molar-refractivity contribution in [3.8, 4) is 0 Å². The van der Waals surface area contributed by atoms with E-state index in [9.17, 15) is 8.42 Å². The van der Waals surface area contributed by atoms with Gasteiger partial charge in [-0.3, -0.25) is 0 Å². The Bertz CT molecular complexity index is 208. The molecule has 0 aromatic carbocycles. The highest BCUT2D eigenvalue weighted by atomic mass is 32.3. The molecule has 0 atom stereocenters. The van der Waals surface area contributed by atoms with Crippen molar-refractivity contribution in [1.29, 1.82) is 0 Å². The molecule has 0 radical (unpaired) electrons. The molecule has 1 fully saturated rings. The van der Waals surface area contributed by atoms with Crippen LogP contribution in [-0.4, -0.2) is 34.8 Å². The molecule has 5 nitrogen and oxygen atoms in total. The van der Waals surface area contributed by atoms with Crippen molar-refractivity contribution < 1.29 is 21.5 Å². The van der Waals surface area contributed by atoms with Crippen molar-refractivity contribution in [2.75, 3.05) is 26.4 Å². The number of ether oxygens (including phenoxy) is 1. The second-order valence-electron chi connectivity index (χ2n) is 2.50. The van der Waals surface area contributed by atoms with Crippen LogP contribution in [0.2, 0.25) is 0 Å². The van der Waals surface area contributed by atoms with Crippen LogP contribution in [0.15, 0.2) is 0 Å². The first-order chi connectivity index (χ1) is 5.64. The largest absolute Gasteiger partial charge is 0.399 e. The second-order valence-corrected chi connectivity index (χ2v) is 3.79. The van der Waals surface area contributed by atoms with Crippen molar-refractivity contribution in [2.24, 2.45) is 5.92 Å². The van der Waals surface area contributed by atoms with Gasteiger partial charge in [0.15, 0.2) is 0 Å². The molecule has 0 unspecified atom stereocenters. The summed E-state index contributed by atoms with van der Waals surface area (Å²) in [6.45, 7) is 3.28. The van der Waals surface area contributed by atoms with Gasteiger partial charge in [0.05, 0.1) is 19.8 Å². The smallest absolute Gasteiger partial charge is 0.381 e. The van der Waals surface area contributed by atoms with Gasteiger partial charge in [-0.2, -0.15) is 8.42 Å². The third-order valence-corrected chi connectivity index (χ3v) is 2.30. The van der Waals surface area contributed by atoms with E-state index < -0.39 is 10.4 Å². The van der Waals surface area contributed by atoms with Gasteiger partial charge in [-0.1, -0.05) is 0 Å². The van der Waals surface area contributed by atoms with Gasteiger partial charge in [0, 0.05) is 12.5 Å². The molecule has 1 aliphatic rings. The zero-order chi connectivity index (χ0) is 9.03. The van der Waals surface area contributed by atoms with Crippen LogP contribution in [0.5, 0.6) is 0 Å². The Morgan fingerprint density at radius 2 is 2.00 bits per heavy atom. The fourth-order valence-electron chi connectivity index (χ4n) is 0.822. The molecule has 6 heteroatoms. The second kappa shape index (κ2) is 4.18. The maximum Gasteiger partial charge on any atom is 0.399 e. The lowest BCUT2D eigenvalue weighted by molar-refractivity contribution is 0.0331. The predicted molar refractivity (Wildman–Crippen MR) is 40.8 cm³/mol. The summed E-state index contributed by atoms with van der Waals surface area (Å²) >= 11 is 0. The zero-order valence-electron chi connectivity index (χ0n) is 6.86. The van der Waals surface area contributed by atoms with Crippen molar-refractivity contribution in [3.63, 3.8) is 0 Å². The summed E-state index contributed by atoms with van der Waals surface area (Å²) in [7, 11) is -3.70. The van der Waals surface area contributed by atoms with E-state index in [4.69, 9.17) is 4.74 Å².